The zero-order valence-corrected chi connectivity index (χ0v) is 25.7. The molecule has 0 saturated carbocycles. The van der Waals surface area contributed by atoms with Crippen molar-refractivity contribution in [1.29, 1.82) is 0 Å². The van der Waals surface area contributed by atoms with E-state index in [0.29, 0.717) is 30.3 Å². The lowest BCUT2D eigenvalue weighted by Gasteiger charge is -2.45. The van der Waals surface area contributed by atoms with Gasteiger partial charge in [-0.2, -0.15) is 9.61 Å². The van der Waals surface area contributed by atoms with Crippen LogP contribution in [-0.4, -0.2) is 69.9 Å². The number of methoxy groups -OCH3 is 1. The maximum atomic E-state index is 15.5. The molecule has 4 unspecified atom stereocenters. The number of benzene rings is 1. The molecule has 3 N–H and O–H groups in total. The fourth-order valence-corrected chi connectivity index (χ4v) is 6.41. The second kappa shape index (κ2) is 12.5. The Morgan fingerprint density at radius 1 is 1.26 bits per heavy atom. The Labute approximate surface area is 252 Å². The number of aryl methyl sites for hydroxylation is 1. The Balaban J connectivity index is 1.43. The minimum Gasteiger partial charge on any atom is -0.453 e. The van der Waals surface area contributed by atoms with Gasteiger partial charge >= 0.3 is 6.09 Å². The van der Waals surface area contributed by atoms with E-state index in [1.54, 1.807) is 41.1 Å². The third-order valence-corrected chi connectivity index (χ3v) is 8.50. The molecule has 1 aliphatic rings. The van der Waals surface area contributed by atoms with Crippen LogP contribution >= 0.6 is 0 Å². The zero-order chi connectivity index (χ0) is 30.8. The number of nitrogens with two attached hydrogens (primary N) is 1. The summed E-state index contributed by atoms with van der Waals surface area (Å²) in [7, 11) is 3.10. The van der Waals surface area contributed by atoms with Crippen molar-refractivity contribution in [3.8, 4) is 11.3 Å². The van der Waals surface area contributed by atoms with Gasteiger partial charge in [-0.25, -0.2) is 14.2 Å². The van der Waals surface area contributed by atoms with Crippen LogP contribution in [0, 0.1) is 18.7 Å². The fourth-order valence-electron chi connectivity index (χ4n) is 6.41. The predicted octanol–water partition coefficient (Wildman–Crippen LogP) is 5.74. The van der Waals surface area contributed by atoms with Gasteiger partial charge in [0.05, 0.1) is 48.1 Å². The summed E-state index contributed by atoms with van der Waals surface area (Å²) in [6, 6.07) is 8.91. The summed E-state index contributed by atoms with van der Waals surface area (Å²) < 4.78 is 22.1. The molecule has 4 heterocycles. The zero-order valence-electron chi connectivity index (χ0n) is 25.7. The molecule has 5 rings (SSSR count). The van der Waals surface area contributed by atoms with Crippen molar-refractivity contribution in [2.24, 2.45) is 11.7 Å². The number of piperidine rings is 1. The van der Waals surface area contributed by atoms with Gasteiger partial charge in [0.2, 0.25) is 5.95 Å². The van der Waals surface area contributed by atoms with Crippen molar-refractivity contribution in [3.63, 3.8) is 0 Å². The number of hydrogen-bond donors (Lipinski definition) is 2. The van der Waals surface area contributed by atoms with E-state index in [1.807, 2.05) is 25.1 Å². The lowest BCUT2D eigenvalue weighted by molar-refractivity contribution is 0.0906. The molecule has 1 fully saturated rings. The van der Waals surface area contributed by atoms with Gasteiger partial charge in [0.15, 0.2) is 0 Å². The molecule has 4 aromatic rings. The molecule has 0 aliphatic carbocycles. The van der Waals surface area contributed by atoms with Gasteiger partial charge in [0, 0.05) is 37.9 Å². The Morgan fingerprint density at radius 2 is 2.05 bits per heavy atom. The van der Waals surface area contributed by atoms with Crippen LogP contribution in [0.4, 0.5) is 26.5 Å². The van der Waals surface area contributed by atoms with Gasteiger partial charge in [-0.15, -0.1) is 0 Å². The number of likely N-dealkylation sites (N-methyl/N-ethyl adjacent to an activating group) is 1. The van der Waals surface area contributed by atoms with Crippen LogP contribution in [0.3, 0.4) is 0 Å². The first kappa shape index (κ1) is 30.2. The number of imidazole rings is 1. The Hall–Kier alpha value is -4.25. The van der Waals surface area contributed by atoms with Gasteiger partial charge < -0.3 is 25.6 Å². The number of rotatable bonds is 8. The van der Waals surface area contributed by atoms with E-state index in [9.17, 15) is 4.79 Å². The first-order chi connectivity index (χ1) is 20.6. The van der Waals surface area contributed by atoms with Crippen LogP contribution in [0.25, 0.3) is 16.8 Å². The molecule has 11 heteroatoms. The van der Waals surface area contributed by atoms with E-state index in [4.69, 9.17) is 15.6 Å². The van der Waals surface area contributed by atoms with Gasteiger partial charge in [0.25, 0.3) is 0 Å². The number of carbonyl (C=O) groups excluding carboxylic acids is 1. The standard InChI is InChI=1S/C32H41FN8O2/c1-7-8-19(2)22-13-20(3)29(24(33)14-22)26-10-9-23-15-36-31(41(23)38-26)37-27-16-35-12-11-28(27)40-17-21(4)30(25(34)18-40)39(5)32(42)43-6/h9-16,19,21,25,30H,7-8,17-18,34H2,1-6H3,(H,36,37). The second-order valence-electron chi connectivity index (χ2n) is 11.7. The topological polar surface area (TPSA) is 114 Å². The van der Waals surface area contributed by atoms with Crippen molar-refractivity contribution in [2.45, 2.75) is 58.5 Å². The largest absolute Gasteiger partial charge is 0.453 e. The number of ether oxygens (including phenoxy) is 1. The van der Waals surface area contributed by atoms with E-state index in [-0.39, 0.29) is 29.7 Å². The fraction of sp³-hybridized carbons (Fsp3) is 0.438. The van der Waals surface area contributed by atoms with E-state index >= 15 is 4.39 Å². The first-order valence-corrected chi connectivity index (χ1v) is 14.8. The van der Waals surface area contributed by atoms with Crippen molar-refractivity contribution >= 4 is 28.9 Å². The molecule has 10 nitrogen and oxygen atoms in total. The van der Waals surface area contributed by atoms with Crippen molar-refractivity contribution < 1.29 is 13.9 Å². The Kier molecular flexibility index (Phi) is 8.82. The summed E-state index contributed by atoms with van der Waals surface area (Å²) in [6.45, 7) is 9.49. The second-order valence-corrected chi connectivity index (χ2v) is 11.7. The summed E-state index contributed by atoms with van der Waals surface area (Å²) in [5.74, 6) is 0.577. The van der Waals surface area contributed by atoms with Crippen LogP contribution in [0.5, 0.6) is 0 Å². The molecule has 0 spiro atoms. The van der Waals surface area contributed by atoms with E-state index in [2.05, 4.69) is 47.0 Å². The van der Waals surface area contributed by atoms with Gasteiger partial charge in [-0.05, 0) is 60.6 Å². The molecule has 43 heavy (non-hydrogen) atoms. The summed E-state index contributed by atoms with van der Waals surface area (Å²) in [4.78, 5) is 24.9. The number of pyridine rings is 1. The molecule has 1 saturated heterocycles. The monoisotopic (exact) mass is 588 g/mol. The molecule has 3 aromatic heterocycles. The molecule has 0 bridgehead atoms. The lowest BCUT2D eigenvalue weighted by atomic mass is 9.89. The maximum Gasteiger partial charge on any atom is 0.409 e. The third-order valence-electron chi connectivity index (χ3n) is 8.50. The van der Waals surface area contributed by atoms with Crippen LogP contribution in [0.2, 0.25) is 0 Å². The normalized spacial score (nSPS) is 19.3. The van der Waals surface area contributed by atoms with E-state index in [0.717, 1.165) is 40.9 Å². The molecule has 1 amide bonds. The molecule has 1 aromatic carbocycles. The van der Waals surface area contributed by atoms with Crippen LogP contribution in [-0.2, 0) is 4.74 Å². The molecular weight excluding hydrogens is 547 g/mol. The van der Waals surface area contributed by atoms with E-state index < -0.39 is 6.09 Å². The number of halogens is 1. The highest BCUT2D eigenvalue weighted by Crippen LogP contribution is 2.34. The van der Waals surface area contributed by atoms with Gasteiger partial charge in [0.1, 0.15) is 5.82 Å². The minimum atomic E-state index is -0.401. The Morgan fingerprint density at radius 3 is 2.74 bits per heavy atom. The SMILES string of the molecule is CCCC(C)c1cc(C)c(-c2ccc3cnc(Nc4cnccc4N4CC(C)C(N(C)C(=O)OC)C(N)C4)n3n2)c(F)c1. The predicted molar refractivity (Wildman–Crippen MR) is 167 cm³/mol. The molecule has 1 aliphatic heterocycles. The molecular formula is C32H41FN8O2. The average molecular weight is 589 g/mol. The highest BCUT2D eigenvalue weighted by atomic mass is 19.1. The van der Waals surface area contributed by atoms with Gasteiger partial charge in [-0.3, -0.25) is 4.98 Å². The number of hydrogen-bond acceptors (Lipinski definition) is 8. The molecule has 228 valence electrons. The van der Waals surface area contributed by atoms with Crippen LogP contribution in [0.15, 0.2) is 48.9 Å². The third kappa shape index (κ3) is 5.99. The highest BCUT2D eigenvalue weighted by Gasteiger charge is 2.38. The Bertz CT molecular complexity index is 1570. The summed E-state index contributed by atoms with van der Waals surface area (Å²) in [6.07, 6.45) is 6.86. The number of amides is 1. The van der Waals surface area contributed by atoms with Crippen molar-refractivity contribution in [2.75, 3.05) is 37.5 Å². The smallest absolute Gasteiger partial charge is 0.409 e. The average Bonchev–Trinajstić information content (AvgIpc) is 3.38. The number of nitrogens with zero attached hydrogens (tertiary/aromatic N) is 6. The summed E-state index contributed by atoms with van der Waals surface area (Å²) in [5.41, 5.74) is 11.9. The number of nitrogens with one attached hydrogen (secondary N) is 1. The maximum absolute atomic E-state index is 15.5. The molecule has 0 radical (unpaired) electrons. The van der Waals surface area contributed by atoms with E-state index in [1.165, 1.54) is 7.11 Å². The van der Waals surface area contributed by atoms with Crippen molar-refractivity contribution in [1.82, 2.24) is 24.5 Å². The number of carbonyl (C=O) groups is 1. The first-order valence-electron chi connectivity index (χ1n) is 14.8. The number of anilines is 3. The van der Waals surface area contributed by atoms with Crippen LogP contribution < -0.4 is 16.0 Å². The molecule has 4 atom stereocenters. The summed E-state index contributed by atoms with van der Waals surface area (Å²) in [5, 5.41) is 8.20. The summed E-state index contributed by atoms with van der Waals surface area (Å²) >= 11 is 0. The number of fused-ring (bicyclic) bond motifs is 1. The quantitative estimate of drug-likeness (QED) is 0.268. The number of aromatic nitrogens is 4. The minimum absolute atomic E-state index is 0.0832. The van der Waals surface area contributed by atoms with Crippen molar-refractivity contribution in [3.05, 3.63) is 65.9 Å². The lowest BCUT2D eigenvalue weighted by Crippen LogP contribution is -2.62. The highest BCUT2D eigenvalue weighted by molar-refractivity contribution is 5.74. The van der Waals surface area contributed by atoms with Crippen LogP contribution in [0.1, 0.15) is 50.7 Å². The van der Waals surface area contributed by atoms with Gasteiger partial charge in [-0.1, -0.05) is 33.3 Å².